The molecule has 0 amide bonds. The maximum Gasteiger partial charge on any atom is 0.312 e. The van der Waals surface area contributed by atoms with Gasteiger partial charge in [0.25, 0.3) is 0 Å². The summed E-state index contributed by atoms with van der Waals surface area (Å²) in [6.45, 7) is 5.23. The van der Waals surface area contributed by atoms with E-state index in [2.05, 4.69) is 25.2 Å². The molecule has 1 N–H and O–H groups in total. The number of benzene rings is 1. The number of nitro groups is 1. The summed E-state index contributed by atoms with van der Waals surface area (Å²) in [5.41, 5.74) is 2.19. The second kappa shape index (κ2) is 6.61. The van der Waals surface area contributed by atoms with Gasteiger partial charge in [-0.1, -0.05) is 18.6 Å². The van der Waals surface area contributed by atoms with Gasteiger partial charge < -0.3 is 10.1 Å². The molecule has 114 valence electrons. The second-order valence-corrected chi connectivity index (χ2v) is 5.82. The van der Waals surface area contributed by atoms with Crippen molar-refractivity contribution in [1.29, 1.82) is 0 Å². The molecule has 21 heavy (non-hydrogen) atoms. The smallest absolute Gasteiger partial charge is 0.312 e. The lowest BCUT2D eigenvalue weighted by Gasteiger charge is -2.26. The fraction of sp³-hybridized carbons (Fsp3) is 0.500. The Labute approximate surface area is 125 Å². The number of hydrogen-bond donors (Lipinski definition) is 1. The number of methoxy groups -OCH3 is 1. The molecule has 0 radical (unpaired) electrons. The Hall–Kier alpha value is -2.04. The van der Waals surface area contributed by atoms with Crippen LogP contribution in [0.5, 0.6) is 5.75 Å². The van der Waals surface area contributed by atoms with Gasteiger partial charge in [-0.15, -0.1) is 0 Å². The monoisotopic (exact) mass is 290 g/mol. The minimum absolute atomic E-state index is 0.00408. The third-order valence-electron chi connectivity index (χ3n) is 3.86. The van der Waals surface area contributed by atoms with E-state index in [0.717, 1.165) is 25.1 Å². The van der Waals surface area contributed by atoms with Crippen molar-refractivity contribution in [2.24, 2.45) is 11.8 Å². The normalized spacial score (nSPS) is 21.6. The Bertz CT molecular complexity index is 554. The van der Waals surface area contributed by atoms with Gasteiger partial charge in [-0.25, -0.2) is 0 Å². The van der Waals surface area contributed by atoms with Gasteiger partial charge in [0, 0.05) is 18.3 Å². The van der Waals surface area contributed by atoms with Gasteiger partial charge >= 0.3 is 5.69 Å². The zero-order valence-electron chi connectivity index (χ0n) is 12.8. The summed E-state index contributed by atoms with van der Waals surface area (Å²) in [6.07, 6.45) is 4.58. The first-order valence-electron chi connectivity index (χ1n) is 7.23. The van der Waals surface area contributed by atoms with E-state index in [1.807, 2.05) is 6.07 Å². The lowest BCUT2D eigenvalue weighted by molar-refractivity contribution is -0.385. The quantitative estimate of drug-likeness (QED) is 0.505. The van der Waals surface area contributed by atoms with Crippen LogP contribution in [-0.4, -0.2) is 18.6 Å². The fourth-order valence-corrected chi connectivity index (χ4v) is 3.05. The van der Waals surface area contributed by atoms with E-state index in [1.54, 1.807) is 6.07 Å². The van der Waals surface area contributed by atoms with Gasteiger partial charge in [0.1, 0.15) is 0 Å². The van der Waals surface area contributed by atoms with Crippen LogP contribution in [0.25, 0.3) is 0 Å². The van der Waals surface area contributed by atoms with Crippen molar-refractivity contribution in [1.82, 2.24) is 0 Å². The first kappa shape index (κ1) is 15.4. The Morgan fingerprint density at radius 1 is 1.48 bits per heavy atom. The largest absolute Gasteiger partial charge is 0.490 e. The molecule has 5 nitrogen and oxygen atoms in total. The van der Waals surface area contributed by atoms with E-state index < -0.39 is 4.92 Å². The highest BCUT2D eigenvalue weighted by atomic mass is 16.6. The number of hydrogen-bond acceptors (Lipinski definition) is 4. The van der Waals surface area contributed by atoms with Gasteiger partial charge in [0.05, 0.1) is 12.0 Å². The average Bonchev–Trinajstić information content (AvgIpc) is 2.43. The van der Waals surface area contributed by atoms with E-state index in [1.165, 1.54) is 18.7 Å². The predicted octanol–water partition coefficient (Wildman–Crippen LogP) is 4.01. The average molecular weight is 290 g/mol. The van der Waals surface area contributed by atoms with E-state index in [-0.39, 0.29) is 11.4 Å². The standard InChI is InChI=1S/C16H22N2O3/c1-11-6-12(2)8-13(7-11)10-17-14-4-5-16(21-3)15(9-14)18(19)20/h4-6,9,11,13,17H,7-8,10H2,1-3H3. The SMILES string of the molecule is COc1ccc(NCC2CC(C)=CC(C)C2)cc1[N+](=O)[O-]. The number of rotatable bonds is 5. The third-order valence-corrected chi connectivity index (χ3v) is 3.86. The van der Waals surface area contributed by atoms with Gasteiger partial charge in [0.15, 0.2) is 5.75 Å². The van der Waals surface area contributed by atoms with E-state index in [4.69, 9.17) is 4.74 Å². The third kappa shape index (κ3) is 3.97. The summed E-state index contributed by atoms with van der Waals surface area (Å²) in [4.78, 5) is 10.6. The zero-order chi connectivity index (χ0) is 15.4. The van der Waals surface area contributed by atoms with Crippen LogP contribution >= 0.6 is 0 Å². The van der Waals surface area contributed by atoms with Crippen LogP contribution in [0.4, 0.5) is 11.4 Å². The minimum atomic E-state index is -0.417. The zero-order valence-corrected chi connectivity index (χ0v) is 12.8. The molecule has 2 unspecified atom stereocenters. The predicted molar refractivity (Wildman–Crippen MR) is 83.8 cm³/mol. The topological polar surface area (TPSA) is 64.4 Å². The lowest BCUT2D eigenvalue weighted by atomic mass is 9.84. The Morgan fingerprint density at radius 3 is 2.86 bits per heavy atom. The van der Waals surface area contributed by atoms with Crippen LogP contribution in [0, 0.1) is 22.0 Å². The number of nitrogens with one attached hydrogen (secondary N) is 1. The molecular formula is C16H22N2O3. The summed E-state index contributed by atoms with van der Waals surface area (Å²) >= 11 is 0. The highest BCUT2D eigenvalue weighted by Crippen LogP contribution is 2.31. The highest BCUT2D eigenvalue weighted by molar-refractivity contribution is 5.58. The van der Waals surface area contributed by atoms with E-state index in [0.29, 0.717) is 11.8 Å². The summed E-state index contributed by atoms with van der Waals surface area (Å²) in [6, 6.07) is 4.99. The summed E-state index contributed by atoms with van der Waals surface area (Å²) in [5.74, 6) is 1.47. The van der Waals surface area contributed by atoms with Crippen molar-refractivity contribution in [2.45, 2.75) is 26.7 Å². The molecule has 0 aliphatic heterocycles. The van der Waals surface area contributed by atoms with Crippen LogP contribution in [-0.2, 0) is 0 Å². The maximum atomic E-state index is 11.0. The number of nitrogens with zero attached hydrogens (tertiary/aromatic N) is 1. The molecular weight excluding hydrogens is 268 g/mol. The van der Waals surface area contributed by atoms with E-state index >= 15 is 0 Å². The van der Waals surface area contributed by atoms with Gasteiger partial charge in [0.2, 0.25) is 0 Å². The van der Waals surface area contributed by atoms with Crippen molar-refractivity contribution in [3.05, 3.63) is 40.0 Å². The van der Waals surface area contributed by atoms with Crippen LogP contribution in [0.1, 0.15) is 26.7 Å². The number of allylic oxidation sites excluding steroid dienone is 2. The van der Waals surface area contributed by atoms with Crippen molar-refractivity contribution < 1.29 is 9.66 Å². The molecule has 0 heterocycles. The molecule has 0 aromatic heterocycles. The maximum absolute atomic E-state index is 11.0. The van der Waals surface area contributed by atoms with Crippen molar-refractivity contribution in [3.8, 4) is 5.75 Å². The fourth-order valence-electron chi connectivity index (χ4n) is 3.05. The van der Waals surface area contributed by atoms with Crippen LogP contribution < -0.4 is 10.1 Å². The summed E-state index contributed by atoms with van der Waals surface area (Å²) < 4.78 is 5.01. The molecule has 0 bridgehead atoms. The van der Waals surface area contributed by atoms with E-state index in [9.17, 15) is 10.1 Å². The second-order valence-electron chi connectivity index (χ2n) is 5.82. The molecule has 0 saturated heterocycles. The van der Waals surface area contributed by atoms with Gasteiger partial charge in [-0.05, 0) is 43.7 Å². The summed E-state index contributed by atoms with van der Waals surface area (Å²) in [7, 11) is 1.44. The number of ether oxygens (including phenoxy) is 1. The summed E-state index contributed by atoms with van der Waals surface area (Å²) in [5, 5.41) is 14.3. The molecule has 0 fully saturated rings. The lowest BCUT2D eigenvalue weighted by Crippen LogP contribution is -2.20. The highest BCUT2D eigenvalue weighted by Gasteiger charge is 2.19. The molecule has 1 aromatic rings. The Balaban J connectivity index is 2.02. The van der Waals surface area contributed by atoms with Crippen LogP contribution in [0.15, 0.2) is 29.8 Å². The minimum Gasteiger partial charge on any atom is -0.490 e. The molecule has 0 saturated carbocycles. The van der Waals surface area contributed by atoms with Crippen LogP contribution in [0.2, 0.25) is 0 Å². The molecule has 2 atom stereocenters. The van der Waals surface area contributed by atoms with Gasteiger partial charge in [-0.2, -0.15) is 0 Å². The molecule has 2 rings (SSSR count). The molecule has 1 aliphatic rings. The molecule has 1 aromatic carbocycles. The van der Waals surface area contributed by atoms with Crippen molar-refractivity contribution in [3.63, 3.8) is 0 Å². The van der Waals surface area contributed by atoms with Crippen LogP contribution in [0.3, 0.4) is 0 Å². The first-order chi connectivity index (χ1) is 9.99. The molecule has 1 aliphatic carbocycles. The van der Waals surface area contributed by atoms with Gasteiger partial charge in [-0.3, -0.25) is 10.1 Å². The molecule has 5 heteroatoms. The first-order valence-corrected chi connectivity index (χ1v) is 7.23. The molecule has 0 spiro atoms. The Kier molecular flexibility index (Phi) is 4.83. The van der Waals surface area contributed by atoms with Crippen molar-refractivity contribution >= 4 is 11.4 Å². The Morgan fingerprint density at radius 2 is 2.24 bits per heavy atom. The number of nitro benzene ring substituents is 1. The number of anilines is 1. The van der Waals surface area contributed by atoms with Crippen molar-refractivity contribution in [2.75, 3.05) is 19.0 Å².